The lowest BCUT2D eigenvalue weighted by Gasteiger charge is -2.21. The molecule has 1 aromatic carbocycles. The molecule has 144 valence electrons. The van der Waals surface area contributed by atoms with Crippen molar-refractivity contribution in [3.05, 3.63) is 29.3 Å². The van der Waals surface area contributed by atoms with Gasteiger partial charge in [0, 0.05) is 15.7 Å². The zero-order chi connectivity index (χ0) is 19.5. The van der Waals surface area contributed by atoms with Crippen LogP contribution in [0, 0.1) is 5.92 Å². The van der Waals surface area contributed by atoms with Gasteiger partial charge in [0.1, 0.15) is 6.04 Å². The quantitative estimate of drug-likeness (QED) is 0.479. The van der Waals surface area contributed by atoms with Crippen molar-refractivity contribution in [2.45, 2.75) is 37.6 Å². The molecule has 0 aliphatic carbocycles. The van der Waals surface area contributed by atoms with Crippen LogP contribution in [0.5, 0.6) is 0 Å². The van der Waals surface area contributed by atoms with E-state index in [1.807, 2.05) is 26.0 Å². The lowest BCUT2D eigenvalue weighted by atomic mass is 9.99. The van der Waals surface area contributed by atoms with Crippen molar-refractivity contribution in [2.75, 3.05) is 19.5 Å². The van der Waals surface area contributed by atoms with E-state index >= 15 is 0 Å². The smallest absolute Gasteiger partial charge is 0.328 e. The molecule has 1 rings (SSSR count). The molecule has 1 aromatic rings. The van der Waals surface area contributed by atoms with E-state index in [1.54, 1.807) is 12.1 Å². The van der Waals surface area contributed by atoms with Gasteiger partial charge in [-0.15, -0.1) is 11.8 Å². The molecule has 0 aliphatic heterocycles. The Labute approximate surface area is 162 Å². The van der Waals surface area contributed by atoms with Crippen molar-refractivity contribution in [3.8, 4) is 0 Å². The van der Waals surface area contributed by atoms with Crippen molar-refractivity contribution in [1.82, 2.24) is 5.32 Å². The second kappa shape index (κ2) is 11.8. The fourth-order valence-corrected chi connectivity index (χ4v) is 2.97. The first-order valence-corrected chi connectivity index (χ1v) is 9.64. The number of halogens is 1. The first kappa shape index (κ1) is 22.3. The van der Waals surface area contributed by atoms with Gasteiger partial charge >= 0.3 is 11.9 Å². The van der Waals surface area contributed by atoms with Gasteiger partial charge < -0.3 is 14.8 Å². The lowest BCUT2D eigenvalue weighted by molar-refractivity contribution is -0.150. The van der Waals surface area contributed by atoms with Crippen molar-refractivity contribution in [2.24, 2.45) is 5.92 Å². The van der Waals surface area contributed by atoms with Gasteiger partial charge in [0.05, 0.1) is 13.5 Å². The molecule has 0 aromatic heterocycles. The Kier molecular flexibility index (Phi) is 10.1. The van der Waals surface area contributed by atoms with Crippen molar-refractivity contribution in [1.29, 1.82) is 0 Å². The monoisotopic (exact) mass is 401 g/mol. The summed E-state index contributed by atoms with van der Waals surface area (Å²) < 4.78 is 9.64. The van der Waals surface area contributed by atoms with Crippen LogP contribution in [0.3, 0.4) is 0 Å². The maximum Gasteiger partial charge on any atom is 0.328 e. The van der Waals surface area contributed by atoms with Gasteiger partial charge in [-0.1, -0.05) is 31.9 Å². The second-order valence-electron chi connectivity index (χ2n) is 5.67. The number of methoxy groups -OCH3 is 1. The molecule has 26 heavy (non-hydrogen) atoms. The van der Waals surface area contributed by atoms with Crippen LogP contribution in [-0.4, -0.2) is 43.4 Å². The van der Waals surface area contributed by atoms with E-state index in [2.05, 4.69) is 5.32 Å². The average Bonchev–Trinajstić information content (AvgIpc) is 2.64. The molecule has 1 N–H and O–H groups in total. The van der Waals surface area contributed by atoms with Crippen LogP contribution < -0.4 is 5.32 Å². The van der Waals surface area contributed by atoms with Crippen LogP contribution in [-0.2, 0) is 23.9 Å². The second-order valence-corrected chi connectivity index (χ2v) is 7.27. The highest BCUT2D eigenvalue weighted by molar-refractivity contribution is 7.99. The molecule has 0 saturated carbocycles. The molecule has 0 radical (unpaired) electrons. The molecular formula is C18H24ClNO5S. The number of carbonyl (C=O) groups excluding carboxylic acids is 3. The van der Waals surface area contributed by atoms with Crippen LogP contribution in [0.2, 0.25) is 5.02 Å². The number of nitrogens with one attached hydrogen (secondary N) is 1. The number of esters is 2. The molecule has 6 nitrogen and oxygen atoms in total. The van der Waals surface area contributed by atoms with Crippen LogP contribution >= 0.6 is 23.4 Å². The molecule has 0 spiro atoms. The number of hydrogen-bond donors (Lipinski definition) is 1. The topological polar surface area (TPSA) is 81.7 Å². The molecule has 0 unspecified atom stereocenters. The molecule has 0 saturated heterocycles. The maximum absolute atomic E-state index is 11.9. The van der Waals surface area contributed by atoms with E-state index in [0.717, 1.165) is 4.90 Å². The number of amides is 1. The number of benzene rings is 1. The van der Waals surface area contributed by atoms with Crippen molar-refractivity contribution < 1.29 is 23.9 Å². The number of carbonyl (C=O) groups is 3. The average molecular weight is 402 g/mol. The minimum absolute atomic E-state index is 0.0853. The normalized spacial score (nSPS) is 12.8. The Balaban J connectivity index is 2.33. The maximum atomic E-state index is 11.9. The number of thioether (sulfide) groups is 1. The molecule has 0 bridgehead atoms. The predicted molar refractivity (Wildman–Crippen MR) is 101 cm³/mol. The number of rotatable bonds is 10. The molecule has 2 atom stereocenters. The van der Waals surface area contributed by atoms with E-state index in [-0.39, 0.29) is 12.3 Å². The van der Waals surface area contributed by atoms with Gasteiger partial charge in [-0.2, -0.15) is 0 Å². The zero-order valence-electron chi connectivity index (χ0n) is 15.1. The first-order valence-electron chi connectivity index (χ1n) is 8.28. The van der Waals surface area contributed by atoms with E-state index in [9.17, 15) is 14.4 Å². The summed E-state index contributed by atoms with van der Waals surface area (Å²) in [4.78, 5) is 36.4. The van der Waals surface area contributed by atoms with Crippen molar-refractivity contribution >= 4 is 41.2 Å². The molecule has 8 heteroatoms. The minimum Gasteiger partial charge on any atom is -0.467 e. The van der Waals surface area contributed by atoms with Gasteiger partial charge in [-0.25, -0.2) is 4.79 Å². The van der Waals surface area contributed by atoms with Crippen LogP contribution in [0.4, 0.5) is 0 Å². The predicted octanol–water partition coefficient (Wildman–Crippen LogP) is 3.07. The third-order valence-corrected chi connectivity index (χ3v) is 5.00. The highest BCUT2D eigenvalue weighted by Crippen LogP contribution is 2.21. The fourth-order valence-electron chi connectivity index (χ4n) is 2.01. The zero-order valence-corrected chi connectivity index (χ0v) is 16.7. The molecule has 0 heterocycles. The van der Waals surface area contributed by atoms with E-state index in [0.29, 0.717) is 17.2 Å². The SMILES string of the molecule is CC[C@H](C)[C@H](NC(=O)COC(=O)CCSc1ccc(Cl)cc1)C(=O)OC. The highest BCUT2D eigenvalue weighted by Gasteiger charge is 2.26. The number of hydrogen-bond acceptors (Lipinski definition) is 6. The van der Waals surface area contributed by atoms with Crippen molar-refractivity contribution in [3.63, 3.8) is 0 Å². The fraction of sp³-hybridized carbons (Fsp3) is 0.500. The Morgan fingerprint density at radius 1 is 1.23 bits per heavy atom. The summed E-state index contributed by atoms with van der Waals surface area (Å²) in [7, 11) is 1.27. The van der Waals surface area contributed by atoms with Crippen LogP contribution in [0.1, 0.15) is 26.7 Å². The Morgan fingerprint density at radius 2 is 1.88 bits per heavy atom. The molecule has 1 amide bonds. The summed E-state index contributed by atoms with van der Waals surface area (Å²) in [6.45, 7) is 3.32. The minimum atomic E-state index is -0.753. The Hall–Kier alpha value is -1.73. The molecule has 0 fully saturated rings. The standard InChI is InChI=1S/C18H24ClNO5S/c1-4-12(2)17(18(23)24-3)20-15(21)11-25-16(22)9-10-26-14-7-5-13(19)6-8-14/h5-8,12,17H,4,9-11H2,1-3H3,(H,20,21)/t12-,17-/m0/s1. The third kappa shape index (κ3) is 8.10. The van der Waals surface area contributed by atoms with E-state index in [1.165, 1.54) is 18.9 Å². The summed E-state index contributed by atoms with van der Waals surface area (Å²) in [5.74, 6) is -1.07. The summed E-state index contributed by atoms with van der Waals surface area (Å²) in [6, 6.07) is 6.54. The van der Waals surface area contributed by atoms with Gasteiger partial charge in [0.2, 0.25) is 0 Å². The molecule has 0 aliphatic rings. The van der Waals surface area contributed by atoms with Gasteiger partial charge in [-0.3, -0.25) is 9.59 Å². The summed E-state index contributed by atoms with van der Waals surface area (Å²) in [5, 5.41) is 3.21. The van der Waals surface area contributed by atoms with Gasteiger partial charge in [0.25, 0.3) is 5.91 Å². The van der Waals surface area contributed by atoms with Gasteiger partial charge in [0.15, 0.2) is 6.61 Å². The van der Waals surface area contributed by atoms with E-state index in [4.69, 9.17) is 21.1 Å². The summed E-state index contributed by atoms with van der Waals surface area (Å²) >= 11 is 7.31. The summed E-state index contributed by atoms with van der Waals surface area (Å²) in [6.07, 6.45) is 0.869. The summed E-state index contributed by atoms with van der Waals surface area (Å²) in [5.41, 5.74) is 0. The van der Waals surface area contributed by atoms with Crippen LogP contribution in [0.15, 0.2) is 29.2 Å². The largest absolute Gasteiger partial charge is 0.467 e. The Bertz CT molecular complexity index is 608. The third-order valence-electron chi connectivity index (χ3n) is 3.74. The van der Waals surface area contributed by atoms with E-state index < -0.39 is 30.5 Å². The Morgan fingerprint density at radius 3 is 2.46 bits per heavy atom. The lowest BCUT2D eigenvalue weighted by Crippen LogP contribution is -2.47. The first-order chi connectivity index (χ1) is 12.4. The molecular weight excluding hydrogens is 378 g/mol. The number of ether oxygens (including phenoxy) is 2. The van der Waals surface area contributed by atoms with Gasteiger partial charge in [-0.05, 0) is 30.2 Å². The van der Waals surface area contributed by atoms with Crippen LogP contribution in [0.25, 0.3) is 0 Å². The highest BCUT2D eigenvalue weighted by atomic mass is 35.5.